The summed E-state index contributed by atoms with van der Waals surface area (Å²) in [6, 6.07) is 2.29. The fourth-order valence-electron chi connectivity index (χ4n) is 3.11. The minimum atomic E-state index is 0.673. The number of hydrogen-bond donors (Lipinski definition) is 1. The van der Waals surface area contributed by atoms with E-state index in [0.29, 0.717) is 6.04 Å². The molecular weight excluding hydrogens is 204 g/mol. The molecule has 0 aliphatic carbocycles. The highest BCUT2D eigenvalue weighted by Crippen LogP contribution is 2.27. The van der Waals surface area contributed by atoms with Gasteiger partial charge in [-0.15, -0.1) is 0 Å². The van der Waals surface area contributed by atoms with Gasteiger partial charge < -0.3 is 5.32 Å². The molecule has 2 rings (SSSR count). The molecule has 1 N–H and O–H groups in total. The van der Waals surface area contributed by atoms with E-state index in [1.54, 1.807) is 0 Å². The molecule has 0 aromatic heterocycles. The molecule has 2 fully saturated rings. The highest BCUT2D eigenvalue weighted by molar-refractivity contribution is 7.98. The molecule has 0 spiro atoms. The first-order valence-corrected chi connectivity index (χ1v) is 7.69. The number of hydrogen-bond acceptors (Lipinski definition) is 3. The Balaban J connectivity index is 1.82. The predicted molar refractivity (Wildman–Crippen MR) is 68.6 cm³/mol. The molecule has 2 aliphatic rings. The van der Waals surface area contributed by atoms with Crippen LogP contribution in [0.5, 0.6) is 0 Å². The third-order valence-electron chi connectivity index (χ3n) is 3.77. The van der Waals surface area contributed by atoms with E-state index in [4.69, 9.17) is 0 Å². The second-order valence-corrected chi connectivity index (χ2v) is 5.93. The zero-order valence-electron chi connectivity index (χ0n) is 10.0. The summed E-state index contributed by atoms with van der Waals surface area (Å²) >= 11 is 1.95. The van der Waals surface area contributed by atoms with Crippen LogP contribution in [-0.4, -0.2) is 48.1 Å². The van der Waals surface area contributed by atoms with Gasteiger partial charge in [0.05, 0.1) is 0 Å². The second-order valence-electron chi connectivity index (χ2n) is 5.02. The van der Waals surface area contributed by atoms with Crippen molar-refractivity contribution in [3.05, 3.63) is 0 Å². The van der Waals surface area contributed by atoms with E-state index >= 15 is 0 Å². The van der Waals surface area contributed by atoms with Crippen molar-refractivity contribution in [2.45, 2.75) is 50.7 Å². The van der Waals surface area contributed by atoms with E-state index in [-0.39, 0.29) is 0 Å². The van der Waals surface area contributed by atoms with Gasteiger partial charge in [0.15, 0.2) is 0 Å². The van der Waals surface area contributed by atoms with E-state index in [2.05, 4.69) is 23.4 Å². The van der Waals surface area contributed by atoms with Crippen molar-refractivity contribution in [1.82, 2.24) is 10.2 Å². The van der Waals surface area contributed by atoms with Crippen LogP contribution in [-0.2, 0) is 0 Å². The summed E-state index contributed by atoms with van der Waals surface area (Å²) in [6.07, 6.45) is 7.84. The summed E-state index contributed by atoms with van der Waals surface area (Å²) in [5.74, 6) is 1.24. The predicted octanol–water partition coefficient (Wildman–Crippen LogP) is 1.95. The Hall–Kier alpha value is 0.270. The highest BCUT2D eigenvalue weighted by Gasteiger charge is 2.35. The van der Waals surface area contributed by atoms with E-state index in [0.717, 1.165) is 12.1 Å². The minimum absolute atomic E-state index is 0.673. The summed E-state index contributed by atoms with van der Waals surface area (Å²) in [7, 11) is 0. The lowest BCUT2D eigenvalue weighted by atomic mass is 9.98. The fourth-order valence-corrected chi connectivity index (χ4v) is 3.70. The molecule has 15 heavy (non-hydrogen) atoms. The quantitative estimate of drug-likeness (QED) is 0.792. The molecule has 2 saturated heterocycles. The van der Waals surface area contributed by atoms with Crippen molar-refractivity contribution >= 4 is 11.8 Å². The highest BCUT2D eigenvalue weighted by atomic mass is 32.2. The number of fused-ring (bicyclic) bond motifs is 1. The smallest absolute Gasteiger partial charge is 0.0249 e. The lowest BCUT2D eigenvalue weighted by molar-refractivity contribution is 0.178. The van der Waals surface area contributed by atoms with Gasteiger partial charge in [0.2, 0.25) is 0 Å². The molecule has 0 radical (unpaired) electrons. The number of nitrogens with zero attached hydrogens (tertiary/aromatic N) is 1. The SMILES string of the molecule is CSCC(C)NC1CCN2CCCCC12. The molecule has 0 amide bonds. The Labute approximate surface area is 98.2 Å². The first kappa shape index (κ1) is 11.7. The standard InChI is InChI=1S/C12H24N2S/c1-10(9-15-2)13-11-6-8-14-7-4-3-5-12(11)14/h10-13H,3-9H2,1-2H3. The Morgan fingerprint density at radius 3 is 3.00 bits per heavy atom. The van der Waals surface area contributed by atoms with Gasteiger partial charge in [-0.05, 0) is 39.0 Å². The molecule has 2 aliphatic heterocycles. The van der Waals surface area contributed by atoms with Crippen LogP contribution in [0.1, 0.15) is 32.6 Å². The number of rotatable bonds is 4. The maximum Gasteiger partial charge on any atom is 0.0249 e. The van der Waals surface area contributed by atoms with Gasteiger partial charge in [-0.3, -0.25) is 4.90 Å². The van der Waals surface area contributed by atoms with Crippen LogP contribution in [0.2, 0.25) is 0 Å². The Kier molecular flexibility index (Phi) is 4.35. The molecule has 0 aromatic rings. The van der Waals surface area contributed by atoms with Crippen molar-refractivity contribution in [3.63, 3.8) is 0 Å². The van der Waals surface area contributed by atoms with E-state index in [1.165, 1.54) is 44.5 Å². The lowest BCUT2D eigenvalue weighted by Crippen LogP contribution is -2.48. The summed E-state index contributed by atoms with van der Waals surface area (Å²) in [4.78, 5) is 2.70. The molecular formula is C12H24N2S. The van der Waals surface area contributed by atoms with Crippen molar-refractivity contribution in [2.24, 2.45) is 0 Å². The van der Waals surface area contributed by atoms with Gasteiger partial charge in [0.25, 0.3) is 0 Å². The first-order chi connectivity index (χ1) is 7.31. The Morgan fingerprint density at radius 1 is 1.33 bits per heavy atom. The average molecular weight is 228 g/mol. The zero-order chi connectivity index (χ0) is 10.7. The fraction of sp³-hybridized carbons (Fsp3) is 1.00. The van der Waals surface area contributed by atoms with E-state index < -0.39 is 0 Å². The number of nitrogens with one attached hydrogen (secondary N) is 1. The topological polar surface area (TPSA) is 15.3 Å². The second kappa shape index (κ2) is 5.55. The zero-order valence-corrected chi connectivity index (χ0v) is 10.9. The Bertz CT molecular complexity index is 198. The molecule has 0 saturated carbocycles. The van der Waals surface area contributed by atoms with Gasteiger partial charge in [0.1, 0.15) is 0 Å². The van der Waals surface area contributed by atoms with Crippen LogP contribution in [0, 0.1) is 0 Å². The van der Waals surface area contributed by atoms with Crippen LogP contribution in [0.25, 0.3) is 0 Å². The van der Waals surface area contributed by atoms with Crippen molar-refractivity contribution in [2.75, 3.05) is 25.1 Å². The maximum absolute atomic E-state index is 3.82. The lowest BCUT2D eigenvalue weighted by Gasteiger charge is -2.33. The van der Waals surface area contributed by atoms with Gasteiger partial charge in [0, 0.05) is 30.4 Å². The first-order valence-electron chi connectivity index (χ1n) is 6.30. The van der Waals surface area contributed by atoms with Crippen LogP contribution in [0.3, 0.4) is 0 Å². The van der Waals surface area contributed by atoms with Gasteiger partial charge in [-0.25, -0.2) is 0 Å². The Morgan fingerprint density at radius 2 is 2.20 bits per heavy atom. The van der Waals surface area contributed by atoms with Crippen molar-refractivity contribution < 1.29 is 0 Å². The molecule has 3 heteroatoms. The van der Waals surface area contributed by atoms with Crippen LogP contribution < -0.4 is 5.32 Å². The third kappa shape index (κ3) is 2.89. The largest absolute Gasteiger partial charge is 0.309 e. The molecule has 3 atom stereocenters. The minimum Gasteiger partial charge on any atom is -0.309 e. The molecule has 88 valence electrons. The van der Waals surface area contributed by atoms with Gasteiger partial charge in [-0.1, -0.05) is 6.42 Å². The number of thioether (sulfide) groups is 1. The molecule has 2 nitrogen and oxygen atoms in total. The van der Waals surface area contributed by atoms with Crippen LogP contribution >= 0.6 is 11.8 Å². The normalized spacial score (nSPS) is 34.0. The number of piperidine rings is 1. The van der Waals surface area contributed by atoms with Crippen LogP contribution in [0.4, 0.5) is 0 Å². The van der Waals surface area contributed by atoms with E-state index in [9.17, 15) is 0 Å². The van der Waals surface area contributed by atoms with Crippen molar-refractivity contribution in [1.29, 1.82) is 0 Å². The van der Waals surface area contributed by atoms with Crippen LogP contribution in [0.15, 0.2) is 0 Å². The molecule has 2 heterocycles. The van der Waals surface area contributed by atoms with Gasteiger partial charge in [-0.2, -0.15) is 11.8 Å². The summed E-state index contributed by atoms with van der Waals surface area (Å²) in [5.41, 5.74) is 0. The summed E-state index contributed by atoms with van der Waals surface area (Å²) in [6.45, 7) is 5.00. The maximum atomic E-state index is 3.82. The monoisotopic (exact) mass is 228 g/mol. The van der Waals surface area contributed by atoms with Gasteiger partial charge >= 0.3 is 0 Å². The summed E-state index contributed by atoms with van der Waals surface area (Å²) < 4.78 is 0. The molecule has 0 aromatic carbocycles. The molecule has 0 bridgehead atoms. The molecule has 3 unspecified atom stereocenters. The third-order valence-corrected chi connectivity index (χ3v) is 4.60. The summed E-state index contributed by atoms with van der Waals surface area (Å²) in [5, 5.41) is 3.82. The average Bonchev–Trinajstić information content (AvgIpc) is 2.62. The van der Waals surface area contributed by atoms with Crippen molar-refractivity contribution in [3.8, 4) is 0 Å². The van der Waals surface area contributed by atoms with E-state index in [1.807, 2.05) is 11.8 Å².